The normalized spacial score (nSPS) is 12.4. The largest absolute Gasteiger partial charge is 0.294 e. The van der Waals surface area contributed by atoms with E-state index in [4.69, 9.17) is 11.6 Å². The SMILES string of the molecule is CC(CCl)CCC(=O)c1ccccc1. The van der Waals surface area contributed by atoms with Gasteiger partial charge in [-0.05, 0) is 12.3 Å². The lowest BCUT2D eigenvalue weighted by molar-refractivity contribution is 0.0975. The van der Waals surface area contributed by atoms with Gasteiger partial charge in [0.1, 0.15) is 0 Å². The third-order valence-electron chi connectivity index (χ3n) is 2.22. The first-order valence-electron chi connectivity index (χ1n) is 4.88. The smallest absolute Gasteiger partial charge is 0.162 e. The van der Waals surface area contributed by atoms with Crippen molar-refractivity contribution < 1.29 is 4.79 Å². The number of ketones is 1. The number of benzene rings is 1. The molecular weight excluding hydrogens is 196 g/mol. The van der Waals surface area contributed by atoms with E-state index in [1.165, 1.54) is 0 Å². The highest BCUT2D eigenvalue weighted by Gasteiger charge is 2.07. The highest BCUT2D eigenvalue weighted by Crippen LogP contribution is 2.11. The average Bonchev–Trinajstić information content (AvgIpc) is 2.26. The van der Waals surface area contributed by atoms with Gasteiger partial charge in [-0.2, -0.15) is 0 Å². The molecule has 1 aromatic rings. The average molecular weight is 211 g/mol. The van der Waals surface area contributed by atoms with Gasteiger partial charge in [0.05, 0.1) is 0 Å². The van der Waals surface area contributed by atoms with Crippen LogP contribution in [0.2, 0.25) is 0 Å². The summed E-state index contributed by atoms with van der Waals surface area (Å²) in [6, 6.07) is 9.40. The molecular formula is C12H15ClO. The van der Waals surface area contributed by atoms with Gasteiger partial charge in [0.2, 0.25) is 0 Å². The van der Waals surface area contributed by atoms with Crippen LogP contribution in [0, 0.1) is 5.92 Å². The fourth-order valence-corrected chi connectivity index (χ4v) is 1.38. The molecule has 0 spiro atoms. The fourth-order valence-electron chi connectivity index (χ4n) is 1.22. The van der Waals surface area contributed by atoms with Crippen LogP contribution in [0.1, 0.15) is 30.1 Å². The molecule has 76 valence electrons. The molecule has 0 heterocycles. The van der Waals surface area contributed by atoms with Crippen LogP contribution in [0.4, 0.5) is 0 Å². The van der Waals surface area contributed by atoms with Crippen molar-refractivity contribution in [1.82, 2.24) is 0 Å². The Kier molecular flexibility index (Phi) is 4.68. The molecule has 0 saturated heterocycles. The molecule has 2 heteroatoms. The third-order valence-corrected chi connectivity index (χ3v) is 2.75. The van der Waals surface area contributed by atoms with Crippen molar-refractivity contribution in [2.75, 3.05) is 5.88 Å². The molecule has 14 heavy (non-hydrogen) atoms. The predicted molar refractivity (Wildman–Crippen MR) is 59.9 cm³/mol. The summed E-state index contributed by atoms with van der Waals surface area (Å²) in [5.41, 5.74) is 0.800. The molecule has 0 amide bonds. The minimum absolute atomic E-state index is 0.211. The van der Waals surface area contributed by atoms with Crippen molar-refractivity contribution in [3.8, 4) is 0 Å². The zero-order chi connectivity index (χ0) is 10.4. The van der Waals surface area contributed by atoms with Gasteiger partial charge >= 0.3 is 0 Å². The maximum absolute atomic E-state index is 11.6. The van der Waals surface area contributed by atoms with E-state index in [2.05, 4.69) is 6.92 Å². The second-order valence-electron chi connectivity index (χ2n) is 3.59. The molecule has 0 aliphatic carbocycles. The van der Waals surface area contributed by atoms with Crippen molar-refractivity contribution in [2.45, 2.75) is 19.8 Å². The van der Waals surface area contributed by atoms with E-state index in [0.717, 1.165) is 12.0 Å². The van der Waals surface area contributed by atoms with E-state index >= 15 is 0 Å². The monoisotopic (exact) mass is 210 g/mol. The Bertz CT molecular complexity index is 282. The van der Waals surface area contributed by atoms with Crippen molar-refractivity contribution in [2.24, 2.45) is 5.92 Å². The molecule has 0 bridgehead atoms. The van der Waals surface area contributed by atoms with Gasteiger partial charge in [0.25, 0.3) is 0 Å². The van der Waals surface area contributed by atoms with E-state index in [0.29, 0.717) is 18.2 Å². The van der Waals surface area contributed by atoms with Gasteiger partial charge in [0, 0.05) is 17.9 Å². The minimum atomic E-state index is 0.211. The van der Waals surface area contributed by atoms with Crippen LogP contribution in [0.25, 0.3) is 0 Å². The van der Waals surface area contributed by atoms with Crippen LogP contribution in [0.3, 0.4) is 0 Å². The Balaban J connectivity index is 2.44. The zero-order valence-electron chi connectivity index (χ0n) is 8.37. The molecule has 1 unspecified atom stereocenters. The second kappa shape index (κ2) is 5.82. The number of hydrogen-bond donors (Lipinski definition) is 0. The van der Waals surface area contributed by atoms with E-state index in [9.17, 15) is 4.79 Å². The maximum Gasteiger partial charge on any atom is 0.162 e. The van der Waals surface area contributed by atoms with Crippen LogP contribution in [-0.2, 0) is 0 Å². The Hall–Kier alpha value is -0.820. The quantitative estimate of drug-likeness (QED) is 0.537. The van der Waals surface area contributed by atoms with Crippen LogP contribution < -0.4 is 0 Å². The lowest BCUT2D eigenvalue weighted by Gasteiger charge is -2.05. The molecule has 1 rings (SSSR count). The highest BCUT2D eigenvalue weighted by atomic mass is 35.5. The molecule has 0 saturated carbocycles. The summed E-state index contributed by atoms with van der Waals surface area (Å²) in [6.45, 7) is 2.06. The third kappa shape index (κ3) is 3.51. The number of halogens is 1. The summed E-state index contributed by atoms with van der Waals surface area (Å²) in [5.74, 6) is 1.26. The molecule has 0 fully saturated rings. The Labute approximate surface area is 90.1 Å². The first-order chi connectivity index (χ1) is 6.74. The van der Waals surface area contributed by atoms with Crippen molar-refractivity contribution in [3.63, 3.8) is 0 Å². The number of alkyl halides is 1. The maximum atomic E-state index is 11.6. The molecule has 0 N–H and O–H groups in total. The van der Waals surface area contributed by atoms with E-state index in [-0.39, 0.29) is 5.78 Å². The van der Waals surface area contributed by atoms with Gasteiger partial charge in [-0.15, -0.1) is 11.6 Å². The minimum Gasteiger partial charge on any atom is -0.294 e. The second-order valence-corrected chi connectivity index (χ2v) is 3.90. The van der Waals surface area contributed by atoms with Crippen molar-refractivity contribution >= 4 is 17.4 Å². The summed E-state index contributed by atoms with van der Waals surface area (Å²) in [6.07, 6.45) is 1.47. The first-order valence-corrected chi connectivity index (χ1v) is 5.41. The summed E-state index contributed by atoms with van der Waals surface area (Å²) >= 11 is 5.67. The van der Waals surface area contributed by atoms with Gasteiger partial charge in [-0.3, -0.25) is 4.79 Å². The number of rotatable bonds is 5. The topological polar surface area (TPSA) is 17.1 Å². The summed E-state index contributed by atoms with van der Waals surface area (Å²) in [5, 5.41) is 0. The molecule has 1 atom stereocenters. The van der Waals surface area contributed by atoms with Gasteiger partial charge in [0.15, 0.2) is 5.78 Å². The van der Waals surface area contributed by atoms with Gasteiger partial charge in [-0.25, -0.2) is 0 Å². The number of carbonyl (C=O) groups excluding carboxylic acids is 1. The van der Waals surface area contributed by atoms with Crippen LogP contribution in [0.15, 0.2) is 30.3 Å². The Morgan fingerprint density at radius 3 is 2.57 bits per heavy atom. The van der Waals surface area contributed by atoms with Crippen molar-refractivity contribution in [3.05, 3.63) is 35.9 Å². The van der Waals surface area contributed by atoms with E-state index in [1.807, 2.05) is 30.3 Å². The number of Topliss-reactive ketones (excluding diaryl/α,β-unsaturated/α-hetero) is 1. The fraction of sp³-hybridized carbons (Fsp3) is 0.417. The first kappa shape index (κ1) is 11.3. The number of hydrogen-bond acceptors (Lipinski definition) is 1. The van der Waals surface area contributed by atoms with Crippen molar-refractivity contribution in [1.29, 1.82) is 0 Å². The summed E-state index contributed by atoms with van der Waals surface area (Å²) in [4.78, 5) is 11.6. The highest BCUT2D eigenvalue weighted by molar-refractivity contribution is 6.18. The molecule has 0 aliphatic rings. The zero-order valence-corrected chi connectivity index (χ0v) is 9.13. The number of carbonyl (C=O) groups is 1. The summed E-state index contributed by atoms with van der Waals surface area (Å²) in [7, 11) is 0. The van der Waals surface area contributed by atoms with Gasteiger partial charge < -0.3 is 0 Å². The van der Waals surface area contributed by atoms with Crippen LogP contribution in [0.5, 0.6) is 0 Å². The van der Waals surface area contributed by atoms with Crippen LogP contribution in [-0.4, -0.2) is 11.7 Å². The Morgan fingerprint density at radius 2 is 2.00 bits per heavy atom. The van der Waals surface area contributed by atoms with E-state index < -0.39 is 0 Å². The predicted octanol–water partition coefficient (Wildman–Crippen LogP) is 3.52. The van der Waals surface area contributed by atoms with Gasteiger partial charge in [-0.1, -0.05) is 37.3 Å². The molecule has 1 nitrogen and oxygen atoms in total. The Morgan fingerprint density at radius 1 is 1.36 bits per heavy atom. The lowest BCUT2D eigenvalue weighted by Crippen LogP contribution is -2.03. The lowest BCUT2D eigenvalue weighted by atomic mass is 10.0. The van der Waals surface area contributed by atoms with Crippen LogP contribution >= 0.6 is 11.6 Å². The molecule has 0 aromatic heterocycles. The summed E-state index contributed by atoms with van der Waals surface area (Å²) < 4.78 is 0. The van der Waals surface area contributed by atoms with E-state index in [1.54, 1.807) is 0 Å². The molecule has 1 aromatic carbocycles. The standard InChI is InChI=1S/C12H15ClO/c1-10(9-13)7-8-12(14)11-5-3-2-4-6-11/h2-6,10H,7-9H2,1H3. The molecule has 0 radical (unpaired) electrons. The molecule has 0 aliphatic heterocycles.